The van der Waals surface area contributed by atoms with Gasteiger partial charge in [0.25, 0.3) is 0 Å². The number of nitrogens with zero attached hydrogens (tertiary/aromatic N) is 1. The number of hydrogen-bond donors (Lipinski definition) is 1. The van der Waals surface area contributed by atoms with Gasteiger partial charge in [0.2, 0.25) is 15.8 Å². The third kappa shape index (κ3) is 5.15. The number of rotatable bonds is 8. The van der Waals surface area contributed by atoms with Crippen LogP contribution in [0.15, 0.2) is 29.2 Å². The first kappa shape index (κ1) is 25.4. The van der Waals surface area contributed by atoms with Gasteiger partial charge in [0.1, 0.15) is 5.75 Å². The van der Waals surface area contributed by atoms with Gasteiger partial charge in [-0.05, 0) is 56.5 Å². The molecule has 0 atom stereocenters. The predicted octanol–water partition coefficient (Wildman–Crippen LogP) is 2.25. The van der Waals surface area contributed by atoms with Crippen LogP contribution in [-0.2, 0) is 24.3 Å². The summed E-state index contributed by atoms with van der Waals surface area (Å²) in [5, 5.41) is 0. The Morgan fingerprint density at radius 2 is 1.68 bits per heavy atom. The molecule has 2 heterocycles. The summed E-state index contributed by atoms with van der Waals surface area (Å²) in [4.78, 5) is 40.0. The maximum Gasteiger partial charge on any atom is 0.339 e. The largest absolute Gasteiger partial charge is 0.497 e. The number of aromatic nitrogens is 1. The number of nitrogens with one attached hydrogen (secondary N) is 1. The van der Waals surface area contributed by atoms with Crippen LogP contribution in [0.5, 0.6) is 5.75 Å². The number of methoxy groups -OCH3 is 2. The van der Waals surface area contributed by atoms with Crippen molar-refractivity contribution in [3.63, 3.8) is 0 Å². The van der Waals surface area contributed by atoms with Crippen molar-refractivity contribution in [2.45, 2.75) is 31.6 Å². The van der Waals surface area contributed by atoms with Crippen molar-refractivity contribution >= 4 is 27.7 Å². The van der Waals surface area contributed by atoms with Crippen LogP contribution in [0.25, 0.3) is 0 Å². The highest BCUT2D eigenvalue weighted by atomic mass is 32.2. The molecule has 0 saturated carbocycles. The quantitative estimate of drug-likeness (QED) is 0.438. The van der Waals surface area contributed by atoms with E-state index in [1.54, 1.807) is 26.0 Å². The molecule has 1 aromatic carbocycles. The lowest BCUT2D eigenvalue weighted by molar-refractivity contribution is -0.148. The smallest absolute Gasteiger partial charge is 0.339 e. The predicted molar refractivity (Wildman–Crippen MR) is 121 cm³/mol. The number of aromatic amines is 1. The molecule has 3 rings (SSSR count). The van der Waals surface area contributed by atoms with Gasteiger partial charge in [0.05, 0.1) is 36.3 Å². The number of H-pyrrole nitrogens is 1. The second-order valence-corrected chi connectivity index (χ2v) is 9.94. The normalized spacial score (nSPS) is 15.1. The van der Waals surface area contributed by atoms with E-state index in [1.807, 2.05) is 0 Å². The van der Waals surface area contributed by atoms with Crippen molar-refractivity contribution in [3.8, 4) is 5.75 Å². The highest BCUT2D eigenvalue weighted by molar-refractivity contribution is 7.89. The minimum absolute atomic E-state index is 0.155. The molecule has 34 heavy (non-hydrogen) atoms. The highest BCUT2D eigenvalue weighted by Crippen LogP contribution is 2.26. The van der Waals surface area contributed by atoms with Crippen LogP contribution in [0.2, 0.25) is 0 Å². The van der Waals surface area contributed by atoms with Gasteiger partial charge < -0.3 is 19.2 Å². The summed E-state index contributed by atoms with van der Waals surface area (Å²) >= 11 is 0. The van der Waals surface area contributed by atoms with E-state index in [2.05, 4.69) is 4.98 Å². The van der Waals surface area contributed by atoms with Crippen LogP contribution >= 0.6 is 0 Å². The number of benzene rings is 1. The third-order valence-electron chi connectivity index (χ3n) is 5.94. The van der Waals surface area contributed by atoms with Crippen LogP contribution in [0, 0.1) is 19.8 Å². The zero-order valence-corrected chi connectivity index (χ0v) is 20.4. The summed E-state index contributed by atoms with van der Waals surface area (Å²) in [6.45, 7) is 3.11. The summed E-state index contributed by atoms with van der Waals surface area (Å²) in [5.41, 5.74) is 1.39. The summed E-state index contributed by atoms with van der Waals surface area (Å²) < 4.78 is 42.0. The third-order valence-corrected chi connectivity index (χ3v) is 7.85. The van der Waals surface area contributed by atoms with E-state index in [0.717, 1.165) is 0 Å². The molecule has 0 spiro atoms. The number of esters is 2. The maximum atomic E-state index is 12.9. The molecule has 1 N–H and O–H groups in total. The van der Waals surface area contributed by atoms with Crippen LogP contribution < -0.4 is 4.74 Å². The monoisotopic (exact) mass is 492 g/mol. The zero-order chi connectivity index (χ0) is 25.0. The van der Waals surface area contributed by atoms with Crippen LogP contribution in [-0.4, -0.2) is 69.3 Å². The molecule has 2 aromatic rings. The molecular formula is C23H28N2O8S. The number of ketones is 1. The number of hydrogen-bond acceptors (Lipinski definition) is 8. The molecule has 0 unspecified atom stereocenters. The molecule has 184 valence electrons. The number of sulfonamides is 1. The topological polar surface area (TPSA) is 132 Å². The molecule has 1 aromatic heterocycles. The molecule has 1 saturated heterocycles. The van der Waals surface area contributed by atoms with Crippen LogP contribution in [0.1, 0.15) is 44.9 Å². The van der Waals surface area contributed by atoms with Crippen molar-refractivity contribution in [3.05, 3.63) is 46.8 Å². The molecule has 11 heteroatoms. The highest BCUT2D eigenvalue weighted by Gasteiger charge is 2.33. The second kappa shape index (κ2) is 10.4. The van der Waals surface area contributed by atoms with Gasteiger partial charge in [0, 0.05) is 18.8 Å². The second-order valence-electron chi connectivity index (χ2n) is 8.00. The van der Waals surface area contributed by atoms with Gasteiger partial charge in [-0.25, -0.2) is 13.2 Å². The van der Waals surface area contributed by atoms with E-state index in [-0.39, 0.29) is 42.1 Å². The number of ether oxygens (including phenoxy) is 3. The Kier molecular flexibility index (Phi) is 7.78. The van der Waals surface area contributed by atoms with E-state index in [0.29, 0.717) is 17.0 Å². The summed E-state index contributed by atoms with van der Waals surface area (Å²) in [5.74, 6) is -1.53. The number of piperidine rings is 1. The fraction of sp³-hybridized carbons (Fsp3) is 0.435. The van der Waals surface area contributed by atoms with Crippen LogP contribution in [0.4, 0.5) is 0 Å². The van der Waals surface area contributed by atoms with E-state index in [4.69, 9.17) is 14.2 Å². The number of Topliss-reactive ketones (excluding diaryl/α,β-unsaturated/α-hetero) is 1. The lowest BCUT2D eigenvalue weighted by atomic mass is 9.98. The molecule has 1 aliphatic heterocycles. The van der Waals surface area contributed by atoms with E-state index >= 15 is 0 Å². The van der Waals surface area contributed by atoms with Crippen molar-refractivity contribution < 1.29 is 37.0 Å². The van der Waals surface area contributed by atoms with Gasteiger partial charge in [-0.3, -0.25) is 9.59 Å². The van der Waals surface area contributed by atoms with Crippen molar-refractivity contribution in [1.82, 2.24) is 9.29 Å². The zero-order valence-electron chi connectivity index (χ0n) is 19.5. The number of aryl methyl sites for hydroxylation is 1. The average Bonchev–Trinajstić information content (AvgIpc) is 3.15. The SMILES string of the molecule is COC(=O)c1c(C)[nH]c(C(=O)COC(=O)C2CCN(S(=O)(=O)c3ccc(OC)cc3)CC2)c1C. The van der Waals surface area contributed by atoms with Crippen molar-refractivity contribution in [2.24, 2.45) is 5.92 Å². The fourth-order valence-electron chi connectivity index (χ4n) is 3.99. The first-order chi connectivity index (χ1) is 16.1. The van der Waals surface area contributed by atoms with Crippen molar-refractivity contribution in [2.75, 3.05) is 33.9 Å². The van der Waals surface area contributed by atoms with Gasteiger partial charge in [-0.15, -0.1) is 0 Å². The maximum absolute atomic E-state index is 12.9. The Morgan fingerprint density at radius 1 is 1.06 bits per heavy atom. The lowest BCUT2D eigenvalue weighted by Crippen LogP contribution is -2.40. The molecule has 0 amide bonds. The van der Waals surface area contributed by atoms with E-state index in [1.165, 1.54) is 30.7 Å². The molecular weight excluding hydrogens is 464 g/mol. The lowest BCUT2D eigenvalue weighted by Gasteiger charge is -2.30. The molecule has 1 aliphatic rings. The number of carbonyl (C=O) groups excluding carboxylic acids is 3. The Balaban J connectivity index is 1.56. The van der Waals surface area contributed by atoms with Crippen molar-refractivity contribution in [1.29, 1.82) is 0 Å². The fourth-order valence-corrected chi connectivity index (χ4v) is 5.46. The average molecular weight is 493 g/mol. The first-order valence-corrected chi connectivity index (χ1v) is 12.2. The van der Waals surface area contributed by atoms with E-state index < -0.39 is 40.3 Å². The van der Waals surface area contributed by atoms with Gasteiger partial charge in [-0.2, -0.15) is 4.31 Å². The molecule has 0 radical (unpaired) electrons. The summed E-state index contributed by atoms with van der Waals surface area (Å²) in [7, 11) is -0.928. The molecule has 0 aliphatic carbocycles. The minimum Gasteiger partial charge on any atom is -0.497 e. The van der Waals surface area contributed by atoms with Crippen LogP contribution in [0.3, 0.4) is 0 Å². The standard InChI is InChI=1S/C23H28N2O8S/c1-14-20(23(28)32-4)15(2)24-21(14)19(26)13-33-22(27)16-9-11-25(12-10-16)34(29,30)18-7-5-17(31-3)6-8-18/h5-8,16,24H,9-13H2,1-4H3. The molecule has 1 fully saturated rings. The van der Waals surface area contributed by atoms with Gasteiger partial charge >= 0.3 is 11.9 Å². The van der Waals surface area contributed by atoms with E-state index in [9.17, 15) is 22.8 Å². The first-order valence-electron chi connectivity index (χ1n) is 10.7. The molecule has 0 bridgehead atoms. The molecule has 10 nitrogen and oxygen atoms in total. The Bertz CT molecular complexity index is 1180. The summed E-state index contributed by atoms with van der Waals surface area (Å²) in [6, 6.07) is 6.12. The summed E-state index contributed by atoms with van der Waals surface area (Å²) in [6.07, 6.45) is 0.574. The van der Waals surface area contributed by atoms with Gasteiger partial charge in [0.15, 0.2) is 6.61 Å². The number of carbonyl (C=O) groups is 3. The Hall–Kier alpha value is -3.18. The Labute approximate surface area is 198 Å². The Morgan fingerprint density at radius 3 is 2.24 bits per heavy atom. The minimum atomic E-state index is -3.68. The van der Waals surface area contributed by atoms with Gasteiger partial charge in [-0.1, -0.05) is 0 Å².